The Kier molecular flexibility index (Phi) is 7.91. The second kappa shape index (κ2) is 10.8. The minimum absolute atomic E-state index is 0.0112. The highest BCUT2D eigenvalue weighted by atomic mass is 32.2. The first-order valence-corrected chi connectivity index (χ1v) is 11.5. The molecule has 0 saturated carbocycles. The van der Waals surface area contributed by atoms with Crippen LogP contribution in [0.5, 0.6) is 0 Å². The van der Waals surface area contributed by atoms with Crippen molar-refractivity contribution in [1.82, 2.24) is 5.32 Å². The maximum Gasteiger partial charge on any atom is 0.319 e. The van der Waals surface area contributed by atoms with Gasteiger partial charge in [0.05, 0.1) is 29.5 Å². The normalized spacial score (nSPS) is 17.7. The number of methoxy groups -OCH3 is 1. The Labute approximate surface area is 197 Å². The van der Waals surface area contributed by atoms with E-state index in [1.54, 1.807) is 24.3 Å². The van der Waals surface area contributed by atoms with Crippen molar-refractivity contribution in [3.8, 4) is 6.07 Å². The van der Waals surface area contributed by atoms with Crippen LogP contribution in [0.3, 0.4) is 0 Å². The van der Waals surface area contributed by atoms with Gasteiger partial charge < -0.3 is 15.4 Å². The zero-order valence-electron chi connectivity index (χ0n) is 18.7. The third-order valence-corrected chi connectivity index (χ3v) is 6.51. The Morgan fingerprint density at radius 3 is 2.55 bits per heavy atom. The van der Waals surface area contributed by atoms with Crippen molar-refractivity contribution in [2.75, 3.05) is 18.2 Å². The number of rotatable bonds is 7. The molecule has 2 amide bonds. The molecule has 0 radical (unpaired) electrons. The Morgan fingerprint density at radius 2 is 1.91 bits per heavy atom. The van der Waals surface area contributed by atoms with E-state index in [-0.39, 0.29) is 22.3 Å². The molecule has 1 heterocycles. The fraction of sp³-hybridized carbons (Fsp3) is 0.280. The van der Waals surface area contributed by atoms with Crippen LogP contribution in [0.4, 0.5) is 5.69 Å². The number of ether oxygens (including phenoxy) is 1. The number of amides is 2. The van der Waals surface area contributed by atoms with Crippen molar-refractivity contribution < 1.29 is 19.1 Å². The van der Waals surface area contributed by atoms with Crippen molar-refractivity contribution in [1.29, 1.82) is 5.26 Å². The van der Waals surface area contributed by atoms with Crippen molar-refractivity contribution in [2.45, 2.75) is 26.2 Å². The van der Waals surface area contributed by atoms with Gasteiger partial charge in [-0.25, -0.2) is 0 Å². The predicted octanol–water partition coefficient (Wildman–Crippen LogP) is 3.67. The average Bonchev–Trinajstić information content (AvgIpc) is 2.83. The maximum atomic E-state index is 12.8. The molecule has 0 aliphatic carbocycles. The summed E-state index contributed by atoms with van der Waals surface area (Å²) in [5.74, 6) is -3.54. The number of hydrogen-bond donors (Lipinski definition) is 2. The lowest BCUT2D eigenvalue weighted by molar-refractivity contribution is -0.150. The highest BCUT2D eigenvalue weighted by Gasteiger charge is 2.44. The van der Waals surface area contributed by atoms with E-state index in [0.717, 1.165) is 35.0 Å². The summed E-state index contributed by atoms with van der Waals surface area (Å²) in [6, 6.07) is 16.9. The molecule has 0 spiro atoms. The molecule has 3 rings (SSSR count). The molecule has 8 heteroatoms. The van der Waals surface area contributed by atoms with Gasteiger partial charge in [0.1, 0.15) is 5.92 Å². The van der Waals surface area contributed by atoms with Gasteiger partial charge in [-0.2, -0.15) is 5.26 Å². The standard InChI is InChI=1S/C25H25N3O4S/c1-4-16-12-8-9-15(2)22(16)27-19(29)14-33-24-18(13-26)20(17-10-6-5-7-11-17)21(23(30)28-24)25(31)32-3/h5-12,20-21H,4,14H2,1-3H3,(H,27,29)(H,28,30)/t20-,21-/m0/s1. The van der Waals surface area contributed by atoms with E-state index < -0.39 is 23.7 Å². The molecule has 1 aliphatic heterocycles. The van der Waals surface area contributed by atoms with E-state index in [4.69, 9.17) is 4.74 Å². The SMILES string of the molecule is CCc1cccc(C)c1NC(=O)CSC1=C(C#N)[C@H](c2ccccc2)[C@H](C(=O)OC)C(=O)N1. The summed E-state index contributed by atoms with van der Waals surface area (Å²) in [7, 11) is 1.21. The van der Waals surface area contributed by atoms with E-state index in [0.29, 0.717) is 5.56 Å². The van der Waals surface area contributed by atoms with Gasteiger partial charge in [-0.05, 0) is 30.0 Å². The average molecular weight is 464 g/mol. The van der Waals surface area contributed by atoms with Crippen molar-refractivity contribution in [3.05, 3.63) is 75.8 Å². The smallest absolute Gasteiger partial charge is 0.319 e. The van der Waals surface area contributed by atoms with Crippen LogP contribution in [-0.4, -0.2) is 30.6 Å². The van der Waals surface area contributed by atoms with E-state index in [9.17, 15) is 19.6 Å². The van der Waals surface area contributed by atoms with Gasteiger partial charge in [-0.3, -0.25) is 14.4 Å². The molecule has 33 heavy (non-hydrogen) atoms. The number of thioether (sulfide) groups is 1. The van der Waals surface area contributed by atoms with Crippen LogP contribution in [0.15, 0.2) is 59.1 Å². The summed E-state index contributed by atoms with van der Waals surface area (Å²) in [4.78, 5) is 37.9. The largest absolute Gasteiger partial charge is 0.468 e. The number of benzene rings is 2. The van der Waals surface area contributed by atoms with Gasteiger partial charge >= 0.3 is 5.97 Å². The molecule has 2 aromatic rings. The minimum atomic E-state index is -1.19. The number of nitrogens with one attached hydrogen (secondary N) is 2. The lowest BCUT2D eigenvalue weighted by Crippen LogP contribution is -2.44. The number of carbonyl (C=O) groups excluding carboxylic acids is 3. The van der Waals surface area contributed by atoms with Crippen LogP contribution in [0.2, 0.25) is 0 Å². The van der Waals surface area contributed by atoms with Crippen LogP contribution in [0.1, 0.15) is 29.5 Å². The molecule has 2 aromatic carbocycles. The van der Waals surface area contributed by atoms with Crippen LogP contribution < -0.4 is 10.6 Å². The Balaban J connectivity index is 1.88. The molecule has 2 atom stereocenters. The molecule has 0 aromatic heterocycles. The highest BCUT2D eigenvalue weighted by molar-refractivity contribution is 8.03. The number of nitrogens with zero attached hydrogens (tertiary/aromatic N) is 1. The van der Waals surface area contributed by atoms with E-state index >= 15 is 0 Å². The first kappa shape index (κ1) is 24.1. The Bertz CT molecular complexity index is 1140. The number of aryl methyl sites for hydroxylation is 2. The maximum absolute atomic E-state index is 12.8. The van der Waals surface area contributed by atoms with E-state index in [1.165, 1.54) is 7.11 Å². The number of carbonyl (C=O) groups is 3. The topological polar surface area (TPSA) is 108 Å². The Hall–Kier alpha value is -3.57. The molecular weight excluding hydrogens is 438 g/mol. The molecule has 7 nitrogen and oxygen atoms in total. The van der Waals surface area contributed by atoms with Gasteiger partial charge in [0.25, 0.3) is 0 Å². The van der Waals surface area contributed by atoms with Crippen LogP contribution in [0, 0.1) is 24.2 Å². The summed E-state index contributed by atoms with van der Waals surface area (Å²) in [5, 5.41) is 15.8. The van der Waals surface area contributed by atoms with Crippen LogP contribution >= 0.6 is 11.8 Å². The number of anilines is 1. The molecule has 0 saturated heterocycles. The summed E-state index contributed by atoms with van der Waals surface area (Å²) < 4.78 is 4.83. The molecule has 0 unspecified atom stereocenters. The lowest BCUT2D eigenvalue weighted by atomic mass is 9.78. The summed E-state index contributed by atoms with van der Waals surface area (Å²) in [6.07, 6.45) is 0.776. The molecule has 1 aliphatic rings. The highest BCUT2D eigenvalue weighted by Crippen LogP contribution is 2.40. The summed E-state index contributed by atoms with van der Waals surface area (Å²) in [6.45, 7) is 3.94. The Morgan fingerprint density at radius 1 is 1.18 bits per heavy atom. The molecule has 2 N–H and O–H groups in total. The molecule has 0 bridgehead atoms. The molecule has 170 valence electrons. The van der Waals surface area contributed by atoms with Crippen molar-refractivity contribution >= 4 is 35.2 Å². The molecular formula is C25H25N3O4S. The first-order chi connectivity index (χ1) is 15.9. The predicted molar refractivity (Wildman–Crippen MR) is 127 cm³/mol. The van der Waals surface area contributed by atoms with E-state index in [2.05, 4.69) is 16.7 Å². The monoisotopic (exact) mass is 463 g/mol. The first-order valence-electron chi connectivity index (χ1n) is 10.5. The van der Waals surface area contributed by atoms with Crippen LogP contribution in [-0.2, 0) is 25.5 Å². The number of nitriles is 1. The summed E-state index contributed by atoms with van der Waals surface area (Å²) >= 11 is 1.06. The molecule has 0 fully saturated rings. The van der Waals surface area contributed by atoms with Gasteiger partial charge in [0.2, 0.25) is 11.8 Å². The fourth-order valence-corrected chi connectivity index (χ4v) is 4.70. The van der Waals surface area contributed by atoms with Crippen molar-refractivity contribution in [3.63, 3.8) is 0 Å². The van der Waals surface area contributed by atoms with Gasteiger partial charge in [0.15, 0.2) is 0 Å². The third kappa shape index (κ3) is 5.26. The number of allylic oxidation sites excluding steroid dienone is 1. The second-order valence-corrected chi connectivity index (χ2v) is 8.52. The minimum Gasteiger partial charge on any atom is -0.468 e. The fourth-order valence-electron chi connectivity index (χ4n) is 3.86. The van der Waals surface area contributed by atoms with Gasteiger partial charge in [0, 0.05) is 11.6 Å². The number of para-hydroxylation sites is 1. The quantitative estimate of drug-likeness (QED) is 0.479. The summed E-state index contributed by atoms with van der Waals surface area (Å²) in [5.41, 5.74) is 3.64. The van der Waals surface area contributed by atoms with Gasteiger partial charge in [-0.15, -0.1) is 0 Å². The van der Waals surface area contributed by atoms with Gasteiger partial charge in [-0.1, -0.05) is 67.2 Å². The number of hydrogen-bond acceptors (Lipinski definition) is 6. The second-order valence-electron chi connectivity index (χ2n) is 7.53. The third-order valence-electron chi connectivity index (χ3n) is 5.49. The zero-order chi connectivity index (χ0) is 24.0. The van der Waals surface area contributed by atoms with Crippen LogP contribution in [0.25, 0.3) is 0 Å². The zero-order valence-corrected chi connectivity index (χ0v) is 19.5. The number of esters is 1. The lowest BCUT2D eigenvalue weighted by Gasteiger charge is -2.30. The van der Waals surface area contributed by atoms with E-state index in [1.807, 2.05) is 38.1 Å². The van der Waals surface area contributed by atoms with Crippen molar-refractivity contribution in [2.24, 2.45) is 5.92 Å².